The lowest BCUT2D eigenvalue weighted by molar-refractivity contribution is -0.274. The van der Waals surface area contributed by atoms with Crippen LogP contribution in [0.15, 0.2) is 42.5 Å². The molecule has 1 aliphatic rings. The molecule has 2 aromatic carbocycles. The van der Waals surface area contributed by atoms with Crippen molar-refractivity contribution >= 4 is 29.9 Å². The van der Waals surface area contributed by atoms with Crippen LogP contribution in [0.4, 0.5) is 33.2 Å². The number of halogens is 3. The van der Waals surface area contributed by atoms with Crippen LogP contribution in [-0.2, 0) is 24.5 Å². The van der Waals surface area contributed by atoms with E-state index in [0.29, 0.717) is 9.91 Å². The second kappa shape index (κ2) is 12.2. The van der Waals surface area contributed by atoms with Gasteiger partial charge in [0.15, 0.2) is 5.54 Å². The Morgan fingerprint density at radius 3 is 1.91 bits per heavy atom. The first-order valence-electron chi connectivity index (χ1n) is 14.0. The maximum absolute atomic E-state index is 14.9. The fourth-order valence-electron chi connectivity index (χ4n) is 4.51. The fourth-order valence-corrected chi connectivity index (χ4v) is 4.51. The van der Waals surface area contributed by atoms with E-state index < -0.39 is 58.6 Å². The van der Waals surface area contributed by atoms with Crippen LogP contribution in [-0.4, -0.2) is 59.5 Å². The third-order valence-corrected chi connectivity index (χ3v) is 5.92. The van der Waals surface area contributed by atoms with Gasteiger partial charge in [0.1, 0.15) is 28.3 Å². The number of carbonyl (C=O) groups is 4. The molecule has 1 heterocycles. The van der Waals surface area contributed by atoms with Gasteiger partial charge in [0.25, 0.3) is 5.91 Å². The summed E-state index contributed by atoms with van der Waals surface area (Å²) in [4.78, 5) is 56.4. The number of carbonyl (C=O) groups excluding carboxylic acids is 4. The van der Waals surface area contributed by atoms with E-state index in [4.69, 9.17) is 18.9 Å². The van der Waals surface area contributed by atoms with Crippen molar-refractivity contribution in [1.82, 2.24) is 10.4 Å². The molecule has 0 radical (unpaired) electrons. The normalized spacial score (nSPS) is 16.7. The molecule has 3 rings (SSSR count). The summed E-state index contributed by atoms with van der Waals surface area (Å²) in [6.45, 7) is 13.8. The molecule has 2 aromatic rings. The third kappa shape index (κ3) is 8.12. The molecule has 46 heavy (non-hydrogen) atoms. The third-order valence-electron chi connectivity index (χ3n) is 5.92. The van der Waals surface area contributed by atoms with E-state index in [1.54, 1.807) is 41.5 Å². The molecule has 0 spiro atoms. The summed E-state index contributed by atoms with van der Waals surface area (Å²) < 4.78 is 66.2. The van der Waals surface area contributed by atoms with Gasteiger partial charge in [-0.3, -0.25) is 4.79 Å². The van der Waals surface area contributed by atoms with Gasteiger partial charge in [0, 0.05) is 5.56 Å². The summed E-state index contributed by atoms with van der Waals surface area (Å²) in [5.41, 5.74) is -4.56. The number of fused-ring (bicyclic) bond motifs is 1. The first-order valence-corrected chi connectivity index (χ1v) is 14.0. The van der Waals surface area contributed by atoms with Gasteiger partial charge < -0.3 is 23.7 Å². The molecule has 0 saturated heterocycles. The zero-order chi connectivity index (χ0) is 35.0. The molecule has 0 saturated carbocycles. The molecular formula is C31H38F3N3O9. The van der Waals surface area contributed by atoms with Gasteiger partial charge in [0.05, 0.1) is 12.8 Å². The van der Waals surface area contributed by atoms with Crippen molar-refractivity contribution < 1.29 is 56.0 Å². The molecular weight excluding hydrogens is 615 g/mol. The molecule has 1 aliphatic heterocycles. The number of imide groups is 1. The van der Waals surface area contributed by atoms with E-state index in [1.165, 1.54) is 52.1 Å². The summed E-state index contributed by atoms with van der Waals surface area (Å²) >= 11 is 0. The Hall–Kier alpha value is -4.69. The average Bonchev–Trinajstić information content (AvgIpc) is 3.11. The van der Waals surface area contributed by atoms with Gasteiger partial charge in [0.2, 0.25) is 0 Å². The Bertz CT molecular complexity index is 1510. The van der Waals surface area contributed by atoms with Crippen LogP contribution in [0.1, 0.15) is 73.4 Å². The molecule has 0 bridgehead atoms. The summed E-state index contributed by atoms with van der Waals surface area (Å²) in [5, 5.41) is 0.476. The predicted molar refractivity (Wildman–Crippen MR) is 158 cm³/mol. The van der Waals surface area contributed by atoms with Gasteiger partial charge in [-0.1, -0.05) is 12.1 Å². The number of hydrogen-bond acceptors (Lipinski definition) is 9. The van der Waals surface area contributed by atoms with Gasteiger partial charge in [-0.15, -0.1) is 13.2 Å². The van der Waals surface area contributed by atoms with Crippen LogP contribution in [0, 0.1) is 0 Å². The van der Waals surface area contributed by atoms with Crippen LogP contribution in [0.25, 0.3) is 0 Å². The van der Waals surface area contributed by atoms with Crippen molar-refractivity contribution in [3.63, 3.8) is 0 Å². The largest absolute Gasteiger partial charge is 0.573 e. The maximum atomic E-state index is 14.9. The second-order valence-electron chi connectivity index (χ2n) is 13.2. The number of nitrogens with one attached hydrogen (secondary N) is 1. The van der Waals surface area contributed by atoms with Gasteiger partial charge in [-0.2, -0.15) is 5.01 Å². The van der Waals surface area contributed by atoms with Crippen LogP contribution < -0.4 is 19.8 Å². The van der Waals surface area contributed by atoms with Gasteiger partial charge in [-0.05, 0) is 98.2 Å². The number of hydrazine groups is 1. The monoisotopic (exact) mass is 653 g/mol. The number of anilines is 1. The summed E-state index contributed by atoms with van der Waals surface area (Å²) in [5.74, 6) is -1.85. The lowest BCUT2D eigenvalue weighted by Gasteiger charge is -2.40. The fraction of sp³-hybridized carbons (Fsp3) is 0.484. The van der Waals surface area contributed by atoms with Crippen molar-refractivity contribution in [2.45, 2.75) is 91.0 Å². The van der Waals surface area contributed by atoms with Crippen molar-refractivity contribution in [2.24, 2.45) is 0 Å². The molecule has 0 aliphatic carbocycles. The first-order chi connectivity index (χ1) is 20.9. The lowest BCUT2D eigenvalue weighted by atomic mass is 9.83. The number of alkyl halides is 3. The van der Waals surface area contributed by atoms with E-state index in [2.05, 4.69) is 10.2 Å². The Balaban J connectivity index is 2.50. The number of hydrogen-bond donors (Lipinski definition) is 1. The summed E-state index contributed by atoms with van der Waals surface area (Å²) in [7, 11) is 1.32. The molecule has 15 heteroatoms. The molecule has 4 amide bonds. The number of methoxy groups -OCH3 is 1. The summed E-state index contributed by atoms with van der Waals surface area (Å²) in [6, 6.07) is 8.36. The van der Waals surface area contributed by atoms with Gasteiger partial charge >= 0.3 is 24.6 Å². The first kappa shape index (κ1) is 35.8. The number of rotatable bonds is 4. The van der Waals surface area contributed by atoms with Crippen molar-refractivity contribution in [3.05, 3.63) is 53.6 Å². The minimum Gasteiger partial charge on any atom is -0.497 e. The zero-order valence-corrected chi connectivity index (χ0v) is 27.2. The Labute approximate surface area is 264 Å². The smallest absolute Gasteiger partial charge is 0.497 e. The van der Waals surface area contributed by atoms with E-state index in [-0.39, 0.29) is 22.6 Å². The Morgan fingerprint density at radius 1 is 0.804 bits per heavy atom. The Kier molecular flexibility index (Phi) is 9.53. The van der Waals surface area contributed by atoms with Crippen LogP contribution >= 0.6 is 0 Å². The van der Waals surface area contributed by atoms with Crippen molar-refractivity contribution in [3.8, 4) is 11.5 Å². The Morgan fingerprint density at radius 2 is 1.39 bits per heavy atom. The predicted octanol–water partition coefficient (Wildman–Crippen LogP) is 6.80. The number of nitrogens with zero attached hydrogens (tertiary/aromatic N) is 2. The topological polar surface area (TPSA) is 133 Å². The van der Waals surface area contributed by atoms with E-state index >= 15 is 0 Å². The van der Waals surface area contributed by atoms with Crippen molar-refractivity contribution in [1.29, 1.82) is 0 Å². The van der Waals surface area contributed by atoms with Gasteiger partial charge in [-0.25, -0.2) is 24.7 Å². The number of amides is 4. The highest BCUT2D eigenvalue weighted by Crippen LogP contribution is 2.51. The molecule has 0 unspecified atom stereocenters. The van der Waals surface area contributed by atoms with Crippen LogP contribution in [0.2, 0.25) is 0 Å². The molecule has 252 valence electrons. The minimum absolute atomic E-state index is 0.116. The van der Waals surface area contributed by atoms with Crippen LogP contribution in [0.5, 0.6) is 11.5 Å². The highest BCUT2D eigenvalue weighted by atomic mass is 19.4. The average molecular weight is 654 g/mol. The molecule has 1 atom stereocenters. The quantitative estimate of drug-likeness (QED) is 0.280. The van der Waals surface area contributed by atoms with E-state index in [9.17, 15) is 32.3 Å². The zero-order valence-electron chi connectivity index (χ0n) is 27.2. The number of ether oxygens (including phenoxy) is 5. The standard InChI is InChI=1S/C31H38F3N3O9/c1-27(2,3)44-24(39)35-37(26(41)46-29(7,8)9)30(18-12-11-13-19(16-18)42-10)21-17-20(43-31(32,33)34)14-15-22(21)36(23(30)38)25(40)45-28(4,5)6/h11-17H,1-10H3,(H,35,39)/t30-/m1/s1. The molecule has 1 N–H and O–H groups in total. The van der Waals surface area contributed by atoms with E-state index in [0.717, 1.165) is 18.2 Å². The highest BCUT2D eigenvalue weighted by molar-refractivity contribution is 6.23. The second-order valence-corrected chi connectivity index (χ2v) is 13.2. The molecule has 12 nitrogen and oxygen atoms in total. The summed E-state index contributed by atoms with van der Waals surface area (Å²) in [6.07, 6.45) is -8.92. The highest BCUT2D eigenvalue weighted by Gasteiger charge is 2.62. The van der Waals surface area contributed by atoms with Crippen LogP contribution in [0.3, 0.4) is 0 Å². The SMILES string of the molecule is COc1cccc([C@]2(N(NC(=O)OC(C)(C)C)C(=O)OC(C)(C)C)C(=O)N(C(=O)OC(C)(C)C)c3ccc(OC(F)(F)F)cc32)c1. The maximum Gasteiger partial charge on any atom is 0.573 e. The van der Waals surface area contributed by atoms with Crippen molar-refractivity contribution in [2.75, 3.05) is 12.0 Å². The number of benzene rings is 2. The lowest BCUT2D eigenvalue weighted by Crippen LogP contribution is -2.64. The minimum atomic E-state index is -5.15. The molecule has 0 aromatic heterocycles. The molecule has 0 fully saturated rings. The van der Waals surface area contributed by atoms with E-state index in [1.807, 2.05) is 0 Å².